The maximum atomic E-state index is 14.4. The number of rotatable bonds is 10. The summed E-state index contributed by atoms with van der Waals surface area (Å²) in [7, 11) is 1.30. The Kier molecular flexibility index (Phi) is 9.30. The summed E-state index contributed by atoms with van der Waals surface area (Å²) in [5.41, 5.74) is 0.761. The topological polar surface area (TPSA) is 127 Å². The molecule has 1 aromatic heterocycles. The molecule has 0 fully saturated rings. The molecule has 2 aromatic carbocycles. The molecule has 1 unspecified atom stereocenters. The van der Waals surface area contributed by atoms with Gasteiger partial charge in [-0.1, -0.05) is 11.6 Å². The van der Waals surface area contributed by atoms with Crippen molar-refractivity contribution in [1.82, 2.24) is 10.3 Å². The minimum Gasteiger partial charge on any atom is -0.493 e. The molecule has 0 spiro atoms. The van der Waals surface area contributed by atoms with Crippen molar-refractivity contribution in [2.24, 2.45) is 5.73 Å². The van der Waals surface area contributed by atoms with Crippen molar-refractivity contribution in [2.45, 2.75) is 31.2 Å². The Balaban J connectivity index is 2.02. The zero-order valence-corrected chi connectivity index (χ0v) is 22.5. The van der Waals surface area contributed by atoms with Gasteiger partial charge in [-0.25, -0.2) is 9.37 Å². The molecule has 0 saturated carbocycles. The van der Waals surface area contributed by atoms with Crippen molar-refractivity contribution >= 4 is 17.5 Å². The first-order valence-corrected chi connectivity index (χ1v) is 12.2. The number of nitrogens with zero attached hydrogens (tertiary/aromatic N) is 1. The van der Waals surface area contributed by atoms with E-state index in [2.05, 4.69) is 10.3 Å². The Morgan fingerprint density at radius 2 is 1.80 bits per heavy atom. The fourth-order valence-electron chi connectivity index (χ4n) is 3.65. The van der Waals surface area contributed by atoms with E-state index in [1.165, 1.54) is 43.5 Å². The summed E-state index contributed by atoms with van der Waals surface area (Å²) in [5, 5.41) is 21.8. The van der Waals surface area contributed by atoms with E-state index in [0.29, 0.717) is 0 Å². The standard InChI is InChI=1S/C27H28ClF4N3O5/c1-25(2,33)17-12-20(15-4-6-19(29)18(28)10-15)35-23(13-17)26(38,27(30,31)32)14-34-24(37)16-5-7-21(40-9-8-36)22(11-16)39-3/h4-7,10-13,36,38H,8-9,14,33H2,1-3H3,(H,34,37). The van der Waals surface area contributed by atoms with Crippen LogP contribution in [0.3, 0.4) is 0 Å². The van der Waals surface area contributed by atoms with Crippen molar-refractivity contribution in [1.29, 1.82) is 0 Å². The summed E-state index contributed by atoms with van der Waals surface area (Å²) in [4.78, 5) is 16.8. The van der Waals surface area contributed by atoms with Crippen LogP contribution in [0, 0.1) is 5.82 Å². The molecular formula is C27H28ClF4N3O5. The number of aliphatic hydroxyl groups is 2. The monoisotopic (exact) mass is 585 g/mol. The number of hydrogen-bond acceptors (Lipinski definition) is 7. The number of aliphatic hydroxyl groups excluding tert-OH is 1. The largest absolute Gasteiger partial charge is 0.493 e. The van der Waals surface area contributed by atoms with Gasteiger partial charge in [-0.15, -0.1) is 0 Å². The molecule has 0 bridgehead atoms. The number of nitrogens with two attached hydrogens (primary N) is 1. The van der Waals surface area contributed by atoms with Crippen LogP contribution < -0.4 is 20.5 Å². The third-order valence-electron chi connectivity index (χ3n) is 5.96. The maximum Gasteiger partial charge on any atom is 0.424 e. The zero-order chi connectivity index (χ0) is 29.9. The molecule has 0 aliphatic heterocycles. The van der Waals surface area contributed by atoms with Gasteiger partial charge < -0.3 is 30.7 Å². The molecule has 5 N–H and O–H groups in total. The predicted molar refractivity (Wildman–Crippen MR) is 140 cm³/mol. The molecule has 216 valence electrons. The number of nitrogens with one attached hydrogen (secondary N) is 1. The van der Waals surface area contributed by atoms with E-state index in [1.54, 1.807) is 13.8 Å². The highest BCUT2D eigenvalue weighted by Gasteiger charge is 2.56. The summed E-state index contributed by atoms with van der Waals surface area (Å²) in [6, 6.07) is 9.78. The van der Waals surface area contributed by atoms with Gasteiger partial charge in [0.25, 0.3) is 5.91 Å². The van der Waals surface area contributed by atoms with Crippen molar-refractivity contribution < 1.29 is 42.0 Å². The highest BCUT2D eigenvalue weighted by molar-refractivity contribution is 6.31. The Morgan fingerprint density at radius 1 is 1.10 bits per heavy atom. The van der Waals surface area contributed by atoms with Crippen LogP contribution in [-0.2, 0) is 11.1 Å². The van der Waals surface area contributed by atoms with E-state index >= 15 is 0 Å². The molecule has 0 aliphatic rings. The fraction of sp³-hybridized carbons (Fsp3) is 0.333. The average Bonchev–Trinajstić information content (AvgIpc) is 2.90. The maximum absolute atomic E-state index is 14.4. The minimum atomic E-state index is -5.29. The van der Waals surface area contributed by atoms with Gasteiger partial charge in [0.2, 0.25) is 5.60 Å². The summed E-state index contributed by atoms with van der Waals surface area (Å²) in [5.74, 6) is -1.37. The zero-order valence-electron chi connectivity index (χ0n) is 21.8. The molecule has 40 heavy (non-hydrogen) atoms. The first kappa shape index (κ1) is 31.1. The second kappa shape index (κ2) is 12.0. The summed E-state index contributed by atoms with van der Waals surface area (Å²) < 4.78 is 67.4. The number of pyridine rings is 1. The summed E-state index contributed by atoms with van der Waals surface area (Å²) in [6.45, 7) is 1.48. The van der Waals surface area contributed by atoms with Crippen molar-refractivity contribution in [2.75, 3.05) is 26.9 Å². The van der Waals surface area contributed by atoms with Gasteiger partial charge >= 0.3 is 6.18 Å². The van der Waals surface area contributed by atoms with Crippen LogP contribution in [0.1, 0.15) is 35.5 Å². The van der Waals surface area contributed by atoms with E-state index < -0.39 is 41.3 Å². The van der Waals surface area contributed by atoms with Gasteiger partial charge in [-0.05, 0) is 67.9 Å². The van der Waals surface area contributed by atoms with E-state index in [1.807, 2.05) is 0 Å². The van der Waals surface area contributed by atoms with E-state index in [0.717, 1.165) is 12.1 Å². The van der Waals surface area contributed by atoms with Crippen LogP contribution in [0.15, 0.2) is 48.5 Å². The van der Waals surface area contributed by atoms with Gasteiger partial charge in [0.1, 0.15) is 12.4 Å². The van der Waals surface area contributed by atoms with Crippen molar-refractivity contribution in [3.8, 4) is 22.8 Å². The molecule has 0 radical (unpaired) electrons. The molecule has 1 heterocycles. The lowest BCUT2D eigenvalue weighted by Crippen LogP contribution is -2.51. The van der Waals surface area contributed by atoms with Crippen molar-refractivity contribution in [3.63, 3.8) is 0 Å². The Hall–Kier alpha value is -3.45. The number of hydrogen-bond donors (Lipinski definition) is 4. The van der Waals surface area contributed by atoms with Gasteiger partial charge in [-0.2, -0.15) is 13.2 Å². The van der Waals surface area contributed by atoms with Gasteiger partial charge in [0, 0.05) is 16.7 Å². The normalized spacial score (nSPS) is 13.5. The fourth-order valence-corrected chi connectivity index (χ4v) is 3.83. The number of carbonyl (C=O) groups is 1. The van der Waals surface area contributed by atoms with Crippen LogP contribution in [0.25, 0.3) is 11.3 Å². The van der Waals surface area contributed by atoms with Crippen LogP contribution in [-0.4, -0.2) is 54.1 Å². The van der Waals surface area contributed by atoms with Crippen LogP contribution in [0.5, 0.6) is 11.5 Å². The summed E-state index contributed by atoms with van der Waals surface area (Å²) in [6.07, 6.45) is -5.29. The lowest BCUT2D eigenvalue weighted by Gasteiger charge is -2.32. The first-order valence-electron chi connectivity index (χ1n) is 11.9. The second-order valence-electron chi connectivity index (χ2n) is 9.46. The molecule has 0 aliphatic carbocycles. The number of benzene rings is 2. The molecule has 13 heteroatoms. The quantitative estimate of drug-likeness (QED) is 0.261. The van der Waals surface area contributed by atoms with Crippen molar-refractivity contribution in [3.05, 3.63) is 76.2 Å². The lowest BCUT2D eigenvalue weighted by molar-refractivity contribution is -0.265. The number of methoxy groups -OCH3 is 1. The van der Waals surface area contributed by atoms with E-state index in [4.69, 9.17) is 31.9 Å². The van der Waals surface area contributed by atoms with Gasteiger partial charge in [0.05, 0.1) is 36.7 Å². The molecule has 8 nitrogen and oxygen atoms in total. The third-order valence-corrected chi connectivity index (χ3v) is 6.25. The molecule has 1 amide bonds. The van der Waals surface area contributed by atoms with E-state index in [-0.39, 0.29) is 52.1 Å². The number of amides is 1. The Labute approximate surface area is 232 Å². The number of aromatic nitrogens is 1. The molecule has 3 aromatic rings. The van der Waals surface area contributed by atoms with E-state index in [9.17, 15) is 27.5 Å². The minimum absolute atomic E-state index is 0.0434. The van der Waals surface area contributed by atoms with Gasteiger partial charge in [0.15, 0.2) is 11.5 Å². The third kappa shape index (κ3) is 6.81. The smallest absolute Gasteiger partial charge is 0.424 e. The highest BCUT2D eigenvalue weighted by atomic mass is 35.5. The number of alkyl halides is 3. The molecule has 3 rings (SSSR count). The van der Waals surface area contributed by atoms with Crippen LogP contribution in [0.4, 0.5) is 17.6 Å². The molecule has 1 atom stereocenters. The lowest BCUT2D eigenvalue weighted by atomic mass is 9.89. The average molecular weight is 586 g/mol. The highest BCUT2D eigenvalue weighted by Crippen LogP contribution is 2.40. The second-order valence-corrected chi connectivity index (χ2v) is 9.86. The van der Waals surface area contributed by atoms with Crippen LogP contribution >= 0.6 is 11.6 Å². The molecular weight excluding hydrogens is 558 g/mol. The van der Waals surface area contributed by atoms with Crippen LogP contribution in [0.2, 0.25) is 5.02 Å². The Bertz CT molecular complexity index is 1380. The Morgan fingerprint density at radius 3 is 2.38 bits per heavy atom. The predicted octanol–water partition coefficient (Wildman–Crippen LogP) is 4.29. The summed E-state index contributed by atoms with van der Waals surface area (Å²) >= 11 is 5.86. The van der Waals surface area contributed by atoms with Gasteiger partial charge in [-0.3, -0.25) is 4.79 Å². The number of carbonyl (C=O) groups excluding carboxylic acids is 1. The number of halogens is 5. The first-order chi connectivity index (χ1) is 18.6. The number of ether oxygens (including phenoxy) is 2. The molecule has 0 saturated heterocycles. The SMILES string of the molecule is COc1cc(C(=O)NCC(O)(c2cc(C(C)(C)N)cc(-c3ccc(F)c(Cl)c3)n2)C(F)(F)F)ccc1OCCO.